The highest BCUT2D eigenvalue weighted by atomic mass is 35.5. The number of nitrogens with zero attached hydrogens (tertiary/aromatic N) is 7. The van der Waals surface area contributed by atoms with E-state index in [1.165, 1.54) is 23.3 Å². The van der Waals surface area contributed by atoms with Crippen molar-refractivity contribution in [2.75, 3.05) is 33.9 Å². The zero-order chi connectivity index (χ0) is 41.5. The Morgan fingerprint density at radius 3 is 2.45 bits per heavy atom. The first-order valence-electron chi connectivity index (χ1n) is 18.8. The molecule has 2 fully saturated rings. The smallest absolute Gasteiger partial charge is 0.410 e. The topological polar surface area (TPSA) is 162 Å². The molecular formula is C41H44Cl2N8O7. The second-order valence-electron chi connectivity index (χ2n) is 15.5. The summed E-state index contributed by atoms with van der Waals surface area (Å²) in [6.45, 7) is 7.25. The Labute approximate surface area is 344 Å². The van der Waals surface area contributed by atoms with Crippen molar-refractivity contribution in [1.82, 2.24) is 39.3 Å². The lowest BCUT2D eigenvalue weighted by atomic mass is 10.00. The van der Waals surface area contributed by atoms with Crippen molar-refractivity contribution in [2.24, 2.45) is 13.0 Å². The lowest BCUT2D eigenvalue weighted by molar-refractivity contribution is -0.151. The van der Waals surface area contributed by atoms with Crippen LogP contribution in [0.1, 0.15) is 45.0 Å². The maximum absolute atomic E-state index is 13.5. The van der Waals surface area contributed by atoms with Crippen LogP contribution in [0, 0.1) is 5.92 Å². The molecule has 0 spiro atoms. The van der Waals surface area contributed by atoms with E-state index in [0.29, 0.717) is 98.9 Å². The molecule has 2 amide bonds. The van der Waals surface area contributed by atoms with Crippen molar-refractivity contribution in [2.45, 2.75) is 58.3 Å². The summed E-state index contributed by atoms with van der Waals surface area (Å²) in [6.07, 6.45) is 3.86. The Bertz CT molecular complexity index is 2470. The average molecular weight is 832 g/mol. The minimum atomic E-state index is -0.717. The van der Waals surface area contributed by atoms with Crippen LogP contribution in [0.15, 0.2) is 59.7 Å². The number of hydrogen-bond acceptors (Lipinski definition) is 11. The highest BCUT2D eigenvalue weighted by Crippen LogP contribution is 2.42. The molecule has 0 aliphatic carbocycles. The number of likely N-dealkylation sites (tertiary alicyclic amines) is 1. The molecule has 4 aromatic heterocycles. The summed E-state index contributed by atoms with van der Waals surface area (Å²) in [7, 11) is 4.55. The average Bonchev–Trinajstić information content (AvgIpc) is 3.79. The normalized spacial score (nSPS) is 15.9. The number of carbonyl (C=O) groups is 3. The van der Waals surface area contributed by atoms with Crippen molar-refractivity contribution in [3.8, 4) is 39.5 Å². The third-order valence-corrected chi connectivity index (χ3v) is 11.0. The van der Waals surface area contributed by atoms with Gasteiger partial charge in [0, 0.05) is 79.4 Å². The Hall–Kier alpha value is -5.51. The Morgan fingerprint density at radius 1 is 1.02 bits per heavy atom. The van der Waals surface area contributed by atoms with Gasteiger partial charge in [-0.3, -0.25) is 28.8 Å². The van der Waals surface area contributed by atoms with E-state index in [0.717, 1.165) is 0 Å². The zero-order valence-electron chi connectivity index (χ0n) is 33.0. The predicted octanol–water partition coefficient (Wildman–Crippen LogP) is 5.76. The van der Waals surface area contributed by atoms with Crippen LogP contribution in [0.5, 0.6) is 5.88 Å². The first-order valence-corrected chi connectivity index (χ1v) is 19.5. The molecule has 6 heterocycles. The first-order chi connectivity index (χ1) is 27.6. The van der Waals surface area contributed by atoms with Gasteiger partial charge in [-0.05, 0) is 51.5 Å². The second-order valence-corrected chi connectivity index (χ2v) is 16.2. The minimum absolute atomic E-state index is 0.0466. The van der Waals surface area contributed by atoms with Crippen LogP contribution in [0.2, 0.25) is 10.0 Å². The van der Waals surface area contributed by atoms with E-state index < -0.39 is 11.7 Å². The Kier molecular flexibility index (Phi) is 11.5. The van der Waals surface area contributed by atoms with Crippen molar-refractivity contribution < 1.29 is 28.6 Å². The number of halogens is 2. The molecule has 0 saturated carbocycles. The summed E-state index contributed by atoms with van der Waals surface area (Å²) in [5, 5.41) is 8.35. The fourth-order valence-corrected chi connectivity index (χ4v) is 7.83. The number of carbonyl (C=O) groups excluding carboxylic acids is 3. The SMILES string of the molecule is COC(=O)C1CN(Cc2nn3cc(-c4nccc(-c5cccc(-c6ccc(CN(C[C@@H]7CCC(=O)N7)C(=O)OC(C)(C)C)c(OC)n6)c5Cl)c4Cl)cc3c(=O)n2C)C1. The zero-order valence-corrected chi connectivity index (χ0v) is 34.6. The molecule has 1 atom stereocenters. The van der Waals surface area contributed by atoms with Gasteiger partial charge in [-0.15, -0.1) is 0 Å². The molecule has 2 saturated heterocycles. The van der Waals surface area contributed by atoms with E-state index in [2.05, 4.69) is 10.3 Å². The van der Waals surface area contributed by atoms with Crippen molar-refractivity contribution in [3.05, 3.63) is 86.6 Å². The van der Waals surface area contributed by atoms with Gasteiger partial charge in [0.1, 0.15) is 16.9 Å². The highest BCUT2D eigenvalue weighted by molar-refractivity contribution is 6.39. The van der Waals surface area contributed by atoms with Crippen LogP contribution in [0.25, 0.3) is 39.2 Å². The van der Waals surface area contributed by atoms with Gasteiger partial charge < -0.3 is 24.4 Å². The fourth-order valence-electron chi connectivity index (χ4n) is 7.18. The van der Waals surface area contributed by atoms with Gasteiger partial charge in [0.05, 0.1) is 54.7 Å². The van der Waals surface area contributed by atoms with E-state index in [-0.39, 0.29) is 42.5 Å². The lowest BCUT2D eigenvalue weighted by Gasteiger charge is -2.37. The Balaban J connectivity index is 1.15. The molecule has 1 aromatic carbocycles. The van der Waals surface area contributed by atoms with E-state index in [9.17, 15) is 19.2 Å². The number of fused-ring (bicyclic) bond motifs is 1. The highest BCUT2D eigenvalue weighted by Gasteiger charge is 2.34. The van der Waals surface area contributed by atoms with Crippen molar-refractivity contribution in [1.29, 1.82) is 0 Å². The van der Waals surface area contributed by atoms with Gasteiger partial charge in [-0.1, -0.05) is 41.4 Å². The number of benzene rings is 1. The molecule has 0 unspecified atom stereocenters. The number of ether oxygens (including phenoxy) is 3. The van der Waals surface area contributed by atoms with Gasteiger partial charge >= 0.3 is 12.1 Å². The van der Waals surface area contributed by atoms with E-state index in [4.69, 9.17) is 47.5 Å². The first kappa shape index (κ1) is 40.7. The third-order valence-electron chi connectivity index (χ3n) is 10.2. The van der Waals surface area contributed by atoms with Gasteiger partial charge in [0.15, 0.2) is 0 Å². The summed E-state index contributed by atoms with van der Waals surface area (Å²) in [4.78, 5) is 63.5. The molecule has 7 rings (SSSR count). The molecule has 2 aliphatic rings. The fraction of sp³-hybridized carbons (Fsp3) is 0.390. The summed E-state index contributed by atoms with van der Waals surface area (Å²) in [5.74, 6) is 0.355. The molecule has 15 nitrogen and oxygen atoms in total. The number of nitrogens with one attached hydrogen (secondary N) is 1. The molecule has 1 N–H and O–H groups in total. The number of hydrogen-bond donors (Lipinski definition) is 1. The molecular weight excluding hydrogens is 787 g/mol. The minimum Gasteiger partial charge on any atom is -0.481 e. The number of pyridine rings is 2. The maximum atomic E-state index is 13.5. The predicted molar refractivity (Wildman–Crippen MR) is 217 cm³/mol. The molecule has 5 aromatic rings. The number of aromatic nitrogens is 5. The quantitative estimate of drug-likeness (QED) is 0.161. The number of amides is 2. The van der Waals surface area contributed by atoms with Crippen molar-refractivity contribution >= 4 is 46.7 Å². The van der Waals surface area contributed by atoms with E-state index >= 15 is 0 Å². The summed E-state index contributed by atoms with van der Waals surface area (Å²) in [5.41, 5.74) is 3.46. The van der Waals surface area contributed by atoms with Gasteiger partial charge in [0.2, 0.25) is 11.8 Å². The summed E-state index contributed by atoms with van der Waals surface area (Å²) < 4.78 is 19.3. The van der Waals surface area contributed by atoms with Crippen LogP contribution in [0.3, 0.4) is 0 Å². The second kappa shape index (κ2) is 16.4. The largest absolute Gasteiger partial charge is 0.481 e. The molecule has 58 heavy (non-hydrogen) atoms. The van der Waals surface area contributed by atoms with Gasteiger partial charge in [-0.2, -0.15) is 5.10 Å². The van der Waals surface area contributed by atoms with Crippen molar-refractivity contribution in [3.63, 3.8) is 0 Å². The molecule has 304 valence electrons. The molecule has 0 bridgehead atoms. The third kappa shape index (κ3) is 8.38. The van der Waals surface area contributed by atoms with Crippen LogP contribution in [-0.2, 0) is 39.2 Å². The Morgan fingerprint density at radius 2 is 1.76 bits per heavy atom. The maximum Gasteiger partial charge on any atom is 0.410 e. The lowest BCUT2D eigenvalue weighted by Crippen LogP contribution is -2.50. The van der Waals surface area contributed by atoms with E-state index in [1.807, 2.05) is 29.2 Å². The number of rotatable bonds is 11. The number of methoxy groups -OCH3 is 2. The van der Waals surface area contributed by atoms with Crippen LogP contribution in [-0.4, -0.2) is 97.4 Å². The molecule has 17 heteroatoms. The van der Waals surface area contributed by atoms with Gasteiger partial charge in [-0.25, -0.2) is 14.3 Å². The van der Waals surface area contributed by atoms with Crippen LogP contribution >= 0.6 is 23.2 Å². The molecule has 0 radical (unpaired) electrons. The van der Waals surface area contributed by atoms with Gasteiger partial charge in [0.25, 0.3) is 5.56 Å². The number of esters is 1. The van der Waals surface area contributed by atoms with Crippen LogP contribution < -0.4 is 15.6 Å². The van der Waals surface area contributed by atoms with E-state index in [1.54, 1.807) is 63.3 Å². The monoisotopic (exact) mass is 830 g/mol. The van der Waals surface area contributed by atoms with Crippen LogP contribution in [0.4, 0.5) is 4.79 Å². The summed E-state index contributed by atoms with van der Waals surface area (Å²) >= 11 is 14.2. The molecule has 2 aliphatic heterocycles. The summed E-state index contributed by atoms with van der Waals surface area (Å²) in [6, 6.07) is 12.5. The standard InChI is InChI=1S/C41H44Cl2N8O7/c1-41(2,3)58-40(55)50(21-26-11-13-33(52)45-26)19-23-10-12-30(46-37(23)56-5)29-9-7-8-27(34(29)42)28-14-15-44-36(35(28)43)24-16-31-38(53)48(4)32(47-51(31)20-24)22-49-17-25(18-49)39(54)57-6/h7-10,12,14-16,20,25-26H,11,13,17-19,21-22H2,1-6H3,(H,45,52)/t26-/m0/s1.